The molecule has 1 fully saturated rings. The van der Waals surface area contributed by atoms with Crippen LogP contribution in [0.25, 0.3) is 0 Å². The highest BCUT2D eigenvalue weighted by atomic mass is 16.4. The van der Waals surface area contributed by atoms with Gasteiger partial charge in [0.15, 0.2) is 0 Å². The fourth-order valence-corrected chi connectivity index (χ4v) is 5.52. The first-order valence-electron chi connectivity index (χ1n) is 14.0. The average Bonchev–Trinajstić information content (AvgIpc) is 2.85. The van der Waals surface area contributed by atoms with E-state index in [1.54, 1.807) is 41.1 Å². The Balaban J connectivity index is 2.38. The third kappa shape index (κ3) is 11.7. The molecule has 0 aromatic heterocycles. The van der Waals surface area contributed by atoms with Crippen molar-refractivity contribution < 1.29 is 44.4 Å². The Labute approximate surface area is 246 Å². The number of hydrogen-bond acceptors (Lipinski definition) is 8. The highest BCUT2D eigenvalue weighted by Gasteiger charge is 2.38. The Morgan fingerprint density at radius 2 is 1.24 bits per heavy atom. The van der Waals surface area contributed by atoms with E-state index in [9.17, 15) is 44.4 Å². The van der Waals surface area contributed by atoms with Crippen molar-refractivity contribution in [1.82, 2.24) is 20.0 Å². The maximum absolute atomic E-state index is 12.5. The Hall–Kier alpha value is -3.55. The number of nitrogens with one attached hydrogen (secondary N) is 1. The number of nitrogens with zero attached hydrogens (tertiary/aromatic N) is 3. The summed E-state index contributed by atoms with van der Waals surface area (Å²) in [6.07, 6.45) is 2.91. The standard InChI is InChI=1S/C29H44N4O9/c1-29(2,3)30-28(42)20-11-9-19(10-12-20)13-21(31(4)15-24(34)35)14-32(16-25(36)37)22-7-5-6-8-23(22)33(17-26(38)39)18-27(40)41/h9-12,21-23H,5-8,13-18H2,1-4H3,(H,30,42)(H,34,35)(H,36,37)(H,38,39)(H,40,41). The molecule has 0 aliphatic heterocycles. The lowest BCUT2D eigenvalue weighted by Crippen LogP contribution is -2.59. The number of rotatable bonds is 16. The SMILES string of the molecule is CN(CC(=O)O)C(Cc1ccc(C(=O)NC(C)(C)C)cc1)CN(CC(=O)O)C1CCCCC1N(CC(=O)O)CC(=O)O. The number of carboxylic acids is 4. The number of hydrogen-bond donors (Lipinski definition) is 5. The predicted octanol–water partition coefficient (Wildman–Crippen LogP) is 1.31. The van der Waals surface area contributed by atoms with E-state index >= 15 is 0 Å². The zero-order valence-corrected chi connectivity index (χ0v) is 24.8. The van der Waals surface area contributed by atoms with Gasteiger partial charge in [-0.25, -0.2) is 0 Å². The zero-order valence-electron chi connectivity index (χ0n) is 24.8. The maximum atomic E-state index is 12.5. The van der Waals surface area contributed by atoms with Crippen LogP contribution in [0.5, 0.6) is 0 Å². The molecule has 13 heteroatoms. The molecule has 3 atom stereocenters. The zero-order chi connectivity index (χ0) is 31.6. The number of carbonyl (C=O) groups excluding carboxylic acids is 1. The normalized spacial score (nSPS) is 18.2. The third-order valence-electron chi connectivity index (χ3n) is 7.28. The molecule has 1 saturated carbocycles. The molecule has 2 rings (SSSR count). The van der Waals surface area contributed by atoms with Crippen LogP contribution in [-0.4, -0.2) is 128 Å². The summed E-state index contributed by atoms with van der Waals surface area (Å²) in [6, 6.07) is 5.54. The smallest absolute Gasteiger partial charge is 0.317 e. The molecule has 1 aliphatic rings. The van der Waals surface area contributed by atoms with Crippen LogP contribution in [0.3, 0.4) is 0 Å². The molecule has 1 amide bonds. The first-order valence-corrected chi connectivity index (χ1v) is 14.0. The molecule has 0 heterocycles. The molecule has 0 radical (unpaired) electrons. The van der Waals surface area contributed by atoms with Crippen LogP contribution in [0.2, 0.25) is 0 Å². The van der Waals surface area contributed by atoms with Gasteiger partial charge in [-0.05, 0) is 64.8 Å². The summed E-state index contributed by atoms with van der Waals surface area (Å²) in [7, 11) is 1.64. The van der Waals surface area contributed by atoms with Crippen LogP contribution in [0.15, 0.2) is 24.3 Å². The van der Waals surface area contributed by atoms with Gasteiger partial charge in [0.2, 0.25) is 0 Å². The first-order chi connectivity index (χ1) is 19.6. The second-order valence-corrected chi connectivity index (χ2v) is 12.0. The number of carboxylic acid groups (broad SMARTS) is 4. The summed E-state index contributed by atoms with van der Waals surface area (Å²) >= 11 is 0. The van der Waals surface area contributed by atoms with Crippen molar-refractivity contribution in [3.05, 3.63) is 35.4 Å². The van der Waals surface area contributed by atoms with E-state index in [0.29, 0.717) is 24.8 Å². The van der Waals surface area contributed by atoms with Crippen LogP contribution in [0, 0.1) is 0 Å². The van der Waals surface area contributed by atoms with Gasteiger partial charge in [0.25, 0.3) is 5.91 Å². The fourth-order valence-electron chi connectivity index (χ4n) is 5.52. The Morgan fingerprint density at radius 3 is 1.69 bits per heavy atom. The van der Waals surface area contributed by atoms with Crippen LogP contribution in [0.4, 0.5) is 0 Å². The molecule has 42 heavy (non-hydrogen) atoms. The molecule has 1 aromatic rings. The number of aliphatic carboxylic acids is 4. The predicted molar refractivity (Wildman–Crippen MR) is 154 cm³/mol. The molecule has 0 spiro atoms. The number of carbonyl (C=O) groups is 5. The summed E-state index contributed by atoms with van der Waals surface area (Å²) in [5.41, 5.74) is 0.882. The van der Waals surface area contributed by atoms with Crippen molar-refractivity contribution in [2.75, 3.05) is 39.8 Å². The lowest BCUT2D eigenvalue weighted by molar-refractivity contribution is -0.146. The van der Waals surface area contributed by atoms with Crippen LogP contribution >= 0.6 is 0 Å². The average molecular weight is 593 g/mol. The topological polar surface area (TPSA) is 188 Å². The lowest BCUT2D eigenvalue weighted by Gasteiger charge is -2.45. The summed E-state index contributed by atoms with van der Waals surface area (Å²) in [5.74, 6) is -4.73. The largest absolute Gasteiger partial charge is 0.480 e. The second kappa shape index (κ2) is 15.6. The van der Waals surface area contributed by atoms with Gasteiger partial charge in [0.05, 0.1) is 26.2 Å². The highest BCUT2D eigenvalue weighted by molar-refractivity contribution is 5.94. The van der Waals surface area contributed by atoms with Gasteiger partial charge in [-0.1, -0.05) is 25.0 Å². The highest BCUT2D eigenvalue weighted by Crippen LogP contribution is 2.28. The van der Waals surface area contributed by atoms with Gasteiger partial charge < -0.3 is 25.7 Å². The van der Waals surface area contributed by atoms with Crippen LogP contribution in [0.1, 0.15) is 62.4 Å². The van der Waals surface area contributed by atoms with E-state index in [4.69, 9.17) is 0 Å². The summed E-state index contributed by atoms with van der Waals surface area (Å²) in [6.45, 7) is 4.13. The minimum Gasteiger partial charge on any atom is -0.480 e. The van der Waals surface area contributed by atoms with Gasteiger partial charge in [-0.2, -0.15) is 0 Å². The molecule has 234 valence electrons. The van der Waals surface area contributed by atoms with Gasteiger partial charge >= 0.3 is 23.9 Å². The monoisotopic (exact) mass is 592 g/mol. The van der Waals surface area contributed by atoms with E-state index < -0.39 is 60.6 Å². The van der Waals surface area contributed by atoms with E-state index in [1.807, 2.05) is 20.8 Å². The van der Waals surface area contributed by atoms with E-state index in [-0.39, 0.29) is 25.5 Å². The summed E-state index contributed by atoms with van der Waals surface area (Å²) in [5, 5.41) is 41.1. The van der Waals surface area contributed by atoms with Gasteiger partial charge in [0.1, 0.15) is 0 Å². The molecular weight excluding hydrogens is 548 g/mol. The van der Waals surface area contributed by atoms with Crippen molar-refractivity contribution >= 4 is 29.8 Å². The minimum atomic E-state index is -1.18. The second-order valence-electron chi connectivity index (χ2n) is 12.0. The van der Waals surface area contributed by atoms with E-state index in [2.05, 4.69) is 5.32 Å². The molecule has 1 aliphatic carbocycles. The molecule has 1 aromatic carbocycles. The van der Waals surface area contributed by atoms with Crippen molar-refractivity contribution in [2.24, 2.45) is 0 Å². The van der Waals surface area contributed by atoms with Crippen molar-refractivity contribution in [2.45, 2.75) is 76.5 Å². The van der Waals surface area contributed by atoms with E-state index in [1.165, 1.54) is 4.90 Å². The summed E-state index contributed by atoms with van der Waals surface area (Å²) in [4.78, 5) is 64.0. The van der Waals surface area contributed by atoms with Gasteiger partial charge in [0, 0.05) is 35.8 Å². The summed E-state index contributed by atoms with van der Waals surface area (Å²) < 4.78 is 0. The van der Waals surface area contributed by atoms with Gasteiger partial charge in [-0.3, -0.25) is 38.7 Å². The third-order valence-corrected chi connectivity index (χ3v) is 7.28. The Bertz CT molecular complexity index is 1090. The molecule has 13 nitrogen and oxygen atoms in total. The molecule has 5 N–H and O–H groups in total. The molecular formula is C29H44N4O9. The van der Waals surface area contributed by atoms with Crippen molar-refractivity contribution in [1.29, 1.82) is 0 Å². The van der Waals surface area contributed by atoms with Crippen molar-refractivity contribution in [3.63, 3.8) is 0 Å². The number of amides is 1. The van der Waals surface area contributed by atoms with Gasteiger partial charge in [-0.15, -0.1) is 0 Å². The Morgan fingerprint density at radius 1 is 0.786 bits per heavy atom. The van der Waals surface area contributed by atoms with E-state index in [0.717, 1.165) is 18.4 Å². The number of likely N-dealkylation sites (N-methyl/N-ethyl adjacent to an activating group) is 1. The first kappa shape index (κ1) is 34.7. The lowest BCUT2D eigenvalue weighted by atomic mass is 9.87. The Kier molecular flexibility index (Phi) is 12.9. The molecule has 0 saturated heterocycles. The minimum absolute atomic E-state index is 0.150. The van der Waals surface area contributed by atoms with Crippen LogP contribution < -0.4 is 5.32 Å². The quantitative estimate of drug-likeness (QED) is 0.185. The van der Waals surface area contributed by atoms with Crippen molar-refractivity contribution in [3.8, 4) is 0 Å². The molecule has 0 bridgehead atoms. The van der Waals surface area contributed by atoms with Crippen LogP contribution in [-0.2, 0) is 25.6 Å². The number of benzene rings is 1. The molecule has 3 unspecified atom stereocenters. The fraction of sp³-hybridized carbons (Fsp3) is 0.621. The maximum Gasteiger partial charge on any atom is 0.317 e.